The monoisotopic (exact) mass is 451 g/mol. The van der Waals surface area contributed by atoms with Gasteiger partial charge in [-0.05, 0) is 39.1 Å². The number of nitrogens with zero attached hydrogens (tertiary/aromatic N) is 3. The second-order valence-corrected chi connectivity index (χ2v) is 9.03. The predicted octanol–water partition coefficient (Wildman–Crippen LogP) is 3.09. The van der Waals surface area contributed by atoms with Crippen LogP contribution in [-0.4, -0.2) is 66.1 Å². The molecule has 1 fully saturated rings. The van der Waals surface area contributed by atoms with Crippen LogP contribution in [0.25, 0.3) is 0 Å². The molecule has 162 valence electrons. The maximum Gasteiger partial charge on any atom is 0.238 e. The molecule has 1 saturated heterocycles. The number of aromatic nitrogens is 1. The summed E-state index contributed by atoms with van der Waals surface area (Å²) < 4.78 is 4.93. The van der Waals surface area contributed by atoms with Gasteiger partial charge in [-0.3, -0.25) is 9.59 Å². The highest BCUT2D eigenvalue weighted by molar-refractivity contribution is 8.01. The summed E-state index contributed by atoms with van der Waals surface area (Å²) in [5.74, 6) is 0.700. The fraction of sp³-hybridized carbons (Fsp3) is 0.450. The van der Waals surface area contributed by atoms with Crippen LogP contribution in [0.1, 0.15) is 12.7 Å². The Morgan fingerprint density at radius 3 is 2.63 bits per heavy atom. The first kappa shape index (κ1) is 22.5. The summed E-state index contributed by atoms with van der Waals surface area (Å²) in [6, 6.07) is 7.17. The SMILES string of the molecule is Cc1cc(NC(=O)[C@H](C)SCC(=O)Nc2cc(Cl)ccc2N2CCN(C)CC2)no1. The lowest BCUT2D eigenvalue weighted by Crippen LogP contribution is -2.44. The molecule has 0 bridgehead atoms. The lowest BCUT2D eigenvalue weighted by molar-refractivity contribution is -0.115. The van der Waals surface area contributed by atoms with Crippen LogP contribution in [0, 0.1) is 6.92 Å². The lowest BCUT2D eigenvalue weighted by atomic mass is 10.2. The van der Waals surface area contributed by atoms with Gasteiger partial charge >= 0.3 is 0 Å². The van der Waals surface area contributed by atoms with Crippen LogP contribution in [0.15, 0.2) is 28.8 Å². The van der Waals surface area contributed by atoms with E-state index < -0.39 is 5.25 Å². The largest absolute Gasteiger partial charge is 0.367 e. The van der Waals surface area contributed by atoms with Crippen molar-refractivity contribution in [2.45, 2.75) is 19.1 Å². The number of hydrogen-bond donors (Lipinski definition) is 2. The third-order valence-electron chi connectivity index (χ3n) is 4.79. The summed E-state index contributed by atoms with van der Waals surface area (Å²) in [5, 5.41) is 9.50. The van der Waals surface area contributed by atoms with Crippen molar-refractivity contribution in [3.63, 3.8) is 0 Å². The molecular formula is C20H26ClN5O3S. The number of anilines is 3. The molecule has 2 N–H and O–H groups in total. The van der Waals surface area contributed by atoms with Crippen molar-refractivity contribution in [1.82, 2.24) is 10.1 Å². The summed E-state index contributed by atoms with van der Waals surface area (Å²) in [4.78, 5) is 29.3. The van der Waals surface area contributed by atoms with Crippen molar-refractivity contribution < 1.29 is 14.1 Å². The summed E-state index contributed by atoms with van der Waals surface area (Å²) >= 11 is 7.41. The lowest BCUT2D eigenvalue weighted by Gasteiger charge is -2.35. The van der Waals surface area contributed by atoms with Gasteiger partial charge in [0.1, 0.15) is 5.76 Å². The standard InChI is InChI=1S/C20H26ClN5O3S/c1-13-10-18(24-29-13)23-20(28)14(2)30-12-19(27)22-16-11-15(21)4-5-17(16)26-8-6-25(3)7-9-26/h4-5,10-11,14H,6-9,12H2,1-3H3,(H,22,27)(H,23,24,28)/t14-/m0/s1. The molecule has 1 aliphatic heterocycles. The average Bonchev–Trinajstić information content (AvgIpc) is 3.11. The third kappa shape index (κ3) is 6.13. The van der Waals surface area contributed by atoms with Crippen molar-refractivity contribution in [3.05, 3.63) is 35.0 Å². The van der Waals surface area contributed by atoms with Crippen LogP contribution in [0.5, 0.6) is 0 Å². The number of carbonyl (C=O) groups excluding carboxylic acids is 2. The molecule has 0 saturated carbocycles. The molecule has 2 amide bonds. The number of thioether (sulfide) groups is 1. The first-order valence-corrected chi connectivity index (χ1v) is 11.1. The molecule has 1 aromatic carbocycles. The fourth-order valence-electron chi connectivity index (χ4n) is 3.05. The number of amides is 2. The molecule has 1 aromatic heterocycles. The molecule has 10 heteroatoms. The van der Waals surface area contributed by atoms with E-state index in [1.165, 1.54) is 11.8 Å². The molecule has 8 nitrogen and oxygen atoms in total. The van der Waals surface area contributed by atoms with Crippen LogP contribution in [0.2, 0.25) is 5.02 Å². The number of rotatable bonds is 7. The van der Waals surface area contributed by atoms with Crippen LogP contribution >= 0.6 is 23.4 Å². The molecule has 30 heavy (non-hydrogen) atoms. The Kier molecular flexibility index (Phi) is 7.63. The average molecular weight is 452 g/mol. The molecule has 2 aromatic rings. The van der Waals surface area contributed by atoms with Gasteiger partial charge in [0.05, 0.1) is 22.4 Å². The fourth-order valence-corrected chi connectivity index (χ4v) is 3.90. The highest BCUT2D eigenvalue weighted by atomic mass is 35.5. The second kappa shape index (κ2) is 10.2. The van der Waals surface area contributed by atoms with E-state index in [1.807, 2.05) is 12.1 Å². The zero-order valence-corrected chi connectivity index (χ0v) is 18.8. The van der Waals surface area contributed by atoms with E-state index in [-0.39, 0.29) is 17.6 Å². The Bertz CT molecular complexity index is 898. The normalized spacial score (nSPS) is 15.7. The molecule has 1 aliphatic rings. The summed E-state index contributed by atoms with van der Waals surface area (Å²) in [6.45, 7) is 7.18. The Labute approximate surface area is 185 Å². The zero-order chi connectivity index (χ0) is 21.7. The number of nitrogens with one attached hydrogen (secondary N) is 2. The minimum atomic E-state index is -0.427. The van der Waals surface area contributed by atoms with Gasteiger partial charge in [-0.15, -0.1) is 11.8 Å². The number of benzene rings is 1. The number of aryl methyl sites for hydroxylation is 1. The zero-order valence-electron chi connectivity index (χ0n) is 17.3. The van der Waals surface area contributed by atoms with Crippen molar-refractivity contribution in [3.8, 4) is 0 Å². The van der Waals surface area contributed by atoms with E-state index in [4.69, 9.17) is 16.1 Å². The van der Waals surface area contributed by atoms with Crippen LogP contribution in [0.4, 0.5) is 17.2 Å². The van der Waals surface area contributed by atoms with Gasteiger partial charge in [0, 0.05) is 37.3 Å². The van der Waals surface area contributed by atoms with Crippen molar-refractivity contribution in [1.29, 1.82) is 0 Å². The van der Waals surface area contributed by atoms with Gasteiger partial charge in [0.2, 0.25) is 11.8 Å². The molecule has 0 unspecified atom stereocenters. The Morgan fingerprint density at radius 2 is 1.97 bits per heavy atom. The minimum Gasteiger partial charge on any atom is -0.367 e. The smallest absolute Gasteiger partial charge is 0.238 e. The topological polar surface area (TPSA) is 90.7 Å². The van der Waals surface area contributed by atoms with E-state index in [2.05, 4.69) is 32.6 Å². The molecule has 1 atom stereocenters. The van der Waals surface area contributed by atoms with Crippen molar-refractivity contribution in [2.75, 3.05) is 54.5 Å². The number of piperazine rings is 1. The number of halogens is 1. The quantitative estimate of drug-likeness (QED) is 0.668. The molecule has 0 spiro atoms. The van der Waals surface area contributed by atoms with Crippen LogP contribution < -0.4 is 15.5 Å². The van der Waals surface area contributed by atoms with Gasteiger partial charge in [-0.25, -0.2) is 0 Å². The molecule has 2 heterocycles. The second-order valence-electron chi connectivity index (χ2n) is 7.27. The van der Waals surface area contributed by atoms with E-state index in [0.29, 0.717) is 22.3 Å². The molecule has 0 radical (unpaired) electrons. The van der Waals surface area contributed by atoms with Crippen LogP contribution in [-0.2, 0) is 9.59 Å². The molecule has 0 aliphatic carbocycles. The number of hydrogen-bond acceptors (Lipinski definition) is 7. The number of likely N-dealkylation sites (N-methyl/N-ethyl adjacent to an activating group) is 1. The summed E-state index contributed by atoms with van der Waals surface area (Å²) in [5.41, 5.74) is 1.64. The van der Waals surface area contributed by atoms with Crippen LogP contribution in [0.3, 0.4) is 0 Å². The van der Waals surface area contributed by atoms with E-state index in [9.17, 15) is 9.59 Å². The molecule has 3 rings (SSSR count). The van der Waals surface area contributed by atoms with Crippen molar-refractivity contribution in [2.24, 2.45) is 0 Å². The Balaban J connectivity index is 1.55. The van der Waals surface area contributed by atoms with Gasteiger partial charge < -0.3 is 25.0 Å². The van der Waals surface area contributed by atoms with Gasteiger partial charge in [-0.1, -0.05) is 16.8 Å². The first-order chi connectivity index (χ1) is 14.3. The minimum absolute atomic E-state index is 0.140. The Morgan fingerprint density at radius 1 is 1.23 bits per heavy atom. The van der Waals surface area contributed by atoms with Crippen molar-refractivity contribution >= 4 is 52.4 Å². The number of carbonyl (C=O) groups is 2. The maximum atomic E-state index is 12.5. The summed E-state index contributed by atoms with van der Waals surface area (Å²) in [6.07, 6.45) is 0. The van der Waals surface area contributed by atoms with Gasteiger partial charge in [0.15, 0.2) is 5.82 Å². The first-order valence-electron chi connectivity index (χ1n) is 9.70. The van der Waals surface area contributed by atoms with E-state index in [1.54, 1.807) is 26.0 Å². The molecular weight excluding hydrogens is 426 g/mol. The third-order valence-corrected chi connectivity index (χ3v) is 6.17. The van der Waals surface area contributed by atoms with E-state index in [0.717, 1.165) is 31.9 Å². The maximum absolute atomic E-state index is 12.5. The van der Waals surface area contributed by atoms with E-state index >= 15 is 0 Å². The Hall–Kier alpha value is -2.23. The summed E-state index contributed by atoms with van der Waals surface area (Å²) in [7, 11) is 2.10. The highest BCUT2D eigenvalue weighted by Gasteiger charge is 2.20. The highest BCUT2D eigenvalue weighted by Crippen LogP contribution is 2.30. The van der Waals surface area contributed by atoms with Gasteiger partial charge in [-0.2, -0.15) is 0 Å². The predicted molar refractivity (Wildman–Crippen MR) is 122 cm³/mol. The van der Waals surface area contributed by atoms with Gasteiger partial charge in [0.25, 0.3) is 0 Å².